The van der Waals surface area contributed by atoms with Crippen LogP contribution >= 0.6 is 0 Å². The maximum absolute atomic E-state index is 12.9. The number of benzene rings is 1. The first kappa shape index (κ1) is 14.4. The number of nitrogens with one attached hydrogen (secondary N) is 2. The van der Waals surface area contributed by atoms with E-state index in [0.29, 0.717) is 5.56 Å². The molecule has 0 aliphatic rings. The van der Waals surface area contributed by atoms with E-state index in [4.69, 9.17) is 4.74 Å². The summed E-state index contributed by atoms with van der Waals surface area (Å²) in [5, 5.41) is 0. The first-order valence-electron chi connectivity index (χ1n) is 6.03. The number of carbonyl (C=O) groups is 2. The molecule has 2 amide bonds. The van der Waals surface area contributed by atoms with Crippen LogP contribution in [0.5, 0.6) is 5.75 Å². The molecule has 2 N–H and O–H groups in total. The monoisotopic (exact) mass is 289 g/mol. The van der Waals surface area contributed by atoms with Crippen LogP contribution in [-0.2, 0) is 4.79 Å². The third-order valence-corrected chi connectivity index (χ3v) is 2.41. The Kier molecular flexibility index (Phi) is 4.81. The number of pyridine rings is 1. The number of carbonyl (C=O) groups excluding carboxylic acids is 2. The van der Waals surface area contributed by atoms with Crippen LogP contribution in [0.15, 0.2) is 48.8 Å². The SMILES string of the molecule is O=C(COc1cccc(F)c1)NNC(=O)c1cccnc1. The molecule has 2 aromatic rings. The number of ether oxygens (including phenoxy) is 1. The molecule has 0 aliphatic carbocycles. The average molecular weight is 289 g/mol. The summed E-state index contributed by atoms with van der Waals surface area (Å²) in [5.74, 6) is -1.31. The zero-order valence-electron chi connectivity index (χ0n) is 10.9. The highest BCUT2D eigenvalue weighted by molar-refractivity contribution is 5.95. The molecular formula is C14H12FN3O3. The molecule has 0 radical (unpaired) electrons. The molecule has 21 heavy (non-hydrogen) atoms. The minimum atomic E-state index is -0.573. The second-order valence-corrected chi connectivity index (χ2v) is 3.99. The van der Waals surface area contributed by atoms with Crippen LogP contribution in [0.25, 0.3) is 0 Å². The molecule has 0 fully saturated rings. The van der Waals surface area contributed by atoms with Crippen molar-refractivity contribution in [3.05, 3.63) is 60.2 Å². The Morgan fingerprint density at radius 3 is 2.76 bits per heavy atom. The maximum atomic E-state index is 12.9. The van der Waals surface area contributed by atoms with Crippen LogP contribution < -0.4 is 15.6 Å². The molecule has 0 unspecified atom stereocenters. The Balaban J connectivity index is 1.76. The molecule has 1 aromatic heterocycles. The van der Waals surface area contributed by atoms with Gasteiger partial charge in [0.1, 0.15) is 11.6 Å². The topological polar surface area (TPSA) is 80.3 Å². The molecule has 0 saturated heterocycles. The molecule has 6 nitrogen and oxygen atoms in total. The van der Waals surface area contributed by atoms with Gasteiger partial charge in [-0.15, -0.1) is 0 Å². The van der Waals surface area contributed by atoms with Gasteiger partial charge in [-0.05, 0) is 24.3 Å². The van der Waals surface area contributed by atoms with Crippen molar-refractivity contribution in [2.24, 2.45) is 0 Å². The largest absolute Gasteiger partial charge is 0.484 e. The lowest BCUT2D eigenvalue weighted by Gasteiger charge is -2.08. The lowest BCUT2D eigenvalue weighted by atomic mass is 10.3. The molecule has 1 heterocycles. The van der Waals surface area contributed by atoms with Crippen LogP contribution in [0.1, 0.15) is 10.4 Å². The Morgan fingerprint density at radius 2 is 2.05 bits per heavy atom. The van der Waals surface area contributed by atoms with Gasteiger partial charge in [0.2, 0.25) is 0 Å². The van der Waals surface area contributed by atoms with E-state index in [2.05, 4.69) is 15.8 Å². The highest BCUT2D eigenvalue weighted by Crippen LogP contribution is 2.11. The van der Waals surface area contributed by atoms with Crippen molar-refractivity contribution in [3.63, 3.8) is 0 Å². The highest BCUT2D eigenvalue weighted by atomic mass is 19.1. The van der Waals surface area contributed by atoms with Crippen LogP contribution in [0.3, 0.4) is 0 Å². The van der Waals surface area contributed by atoms with Gasteiger partial charge in [0, 0.05) is 18.5 Å². The van der Waals surface area contributed by atoms with E-state index in [1.807, 2.05) is 0 Å². The van der Waals surface area contributed by atoms with Crippen LogP contribution in [0.4, 0.5) is 4.39 Å². The Bertz CT molecular complexity index is 634. The van der Waals surface area contributed by atoms with Crippen molar-refractivity contribution in [2.75, 3.05) is 6.61 Å². The summed E-state index contributed by atoms with van der Waals surface area (Å²) in [5.41, 5.74) is 4.70. The summed E-state index contributed by atoms with van der Waals surface area (Å²) in [6.07, 6.45) is 2.90. The third-order valence-electron chi connectivity index (χ3n) is 2.41. The number of nitrogens with zero attached hydrogens (tertiary/aromatic N) is 1. The smallest absolute Gasteiger partial charge is 0.276 e. The van der Waals surface area contributed by atoms with Gasteiger partial charge in [-0.3, -0.25) is 25.4 Å². The molecule has 7 heteroatoms. The van der Waals surface area contributed by atoms with Crippen molar-refractivity contribution in [2.45, 2.75) is 0 Å². The fourth-order valence-corrected chi connectivity index (χ4v) is 1.44. The number of amides is 2. The Morgan fingerprint density at radius 1 is 1.19 bits per heavy atom. The summed E-state index contributed by atoms with van der Waals surface area (Å²) in [6, 6.07) is 8.56. The number of aromatic nitrogens is 1. The zero-order chi connectivity index (χ0) is 15.1. The molecule has 0 saturated carbocycles. The summed E-state index contributed by atoms with van der Waals surface area (Å²) >= 11 is 0. The second-order valence-electron chi connectivity index (χ2n) is 3.99. The van der Waals surface area contributed by atoms with Crippen molar-refractivity contribution in [1.82, 2.24) is 15.8 Å². The lowest BCUT2D eigenvalue weighted by Crippen LogP contribution is -2.43. The van der Waals surface area contributed by atoms with Crippen LogP contribution in [0, 0.1) is 5.82 Å². The number of hydrogen-bond acceptors (Lipinski definition) is 4. The van der Waals surface area contributed by atoms with E-state index in [0.717, 1.165) is 6.07 Å². The Labute approximate surface area is 119 Å². The predicted molar refractivity (Wildman–Crippen MR) is 71.7 cm³/mol. The van der Waals surface area contributed by atoms with Gasteiger partial charge in [-0.25, -0.2) is 4.39 Å². The molecule has 1 aromatic carbocycles. The lowest BCUT2D eigenvalue weighted by molar-refractivity contribution is -0.123. The number of halogens is 1. The number of rotatable bonds is 4. The first-order chi connectivity index (χ1) is 10.1. The first-order valence-corrected chi connectivity index (χ1v) is 6.03. The second kappa shape index (κ2) is 6.99. The fourth-order valence-electron chi connectivity index (χ4n) is 1.44. The third kappa shape index (κ3) is 4.57. The molecule has 0 bridgehead atoms. The van der Waals surface area contributed by atoms with E-state index < -0.39 is 17.6 Å². The van der Waals surface area contributed by atoms with E-state index >= 15 is 0 Å². The quantitative estimate of drug-likeness (QED) is 0.825. The summed E-state index contributed by atoms with van der Waals surface area (Å²) in [4.78, 5) is 26.9. The molecule has 0 aliphatic heterocycles. The molecular weight excluding hydrogens is 277 g/mol. The van der Waals surface area contributed by atoms with E-state index in [-0.39, 0.29) is 12.4 Å². The predicted octanol–water partition coefficient (Wildman–Crippen LogP) is 1.06. The highest BCUT2D eigenvalue weighted by Gasteiger charge is 2.07. The normalized spacial score (nSPS) is 9.76. The summed E-state index contributed by atoms with van der Waals surface area (Å²) in [6.45, 7) is -0.350. The van der Waals surface area contributed by atoms with Crippen LogP contribution in [-0.4, -0.2) is 23.4 Å². The van der Waals surface area contributed by atoms with Crippen molar-refractivity contribution in [3.8, 4) is 5.75 Å². The van der Waals surface area contributed by atoms with Gasteiger partial charge in [0.05, 0.1) is 5.56 Å². The maximum Gasteiger partial charge on any atom is 0.276 e. The van der Waals surface area contributed by atoms with Crippen molar-refractivity contribution < 1.29 is 18.7 Å². The molecule has 2 rings (SSSR count). The van der Waals surface area contributed by atoms with Gasteiger partial charge < -0.3 is 4.74 Å². The number of hydrogen-bond donors (Lipinski definition) is 2. The molecule has 108 valence electrons. The summed E-state index contributed by atoms with van der Waals surface area (Å²) in [7, 11) is 0. The number of hydrazine groups is 1. The fraction of sp³-hybridized carbons (Fsp3) is 0.0714. The van der Waals surface area contributed by atoms with Crippen molar-refractivity contribution in [1.29, 1.82) is 0 Å². The van der Waals surface area contributed by atoms with Crippen molar-refractivity contribution >= 4 is 11.8 Å². The van der Waals surface area contributed by atoms with Crippen LogP contribution in [0.2, 0.25) is 0 Å². The molecule has 0 atom stereocenters. The van der Waals surface area contributed by atoms with Gasteiger partial charge in [-0.1, -0.05) is 6.07 Å². The van der Waals surface area contributed by atoms with E-state index in [1.165, 1.54) is 30.6 Å². The standard InChI is InChI=1S/C14H12FN3O3/c15-11-4-1-5-12(7-11)21-9-13(19)17-18-14(20)10-3-2-6-16-8-10/h1-8H,9H2,(H,17,19)(H,18,20). The van der Waals surface area contributed by atoms with Gasteiger partial charge in [0.25, 0.3) is 11.8 Å². The minimum Gasteiger partial charge on any atom is -0.484 e. The van der Waals surface area contributed by atoms with Gasteiger partial charge in [-0.2, -0.15) is 0 Å². The Hall–Kier alpha value is -2.96. The molecule has 0 spiro atoms. The summed E-state index contributed by atoms with van der Waals surface area (Å²) < 4.78 is 18.0. The van der Waals surface area contributed by atoms with E-state index in [1.54, 1.807) is 12.1 Å². The average Bonchev–Trinajstić information content (AvgIpc) is 2.51. The van der Waals surface area contributed by atoms with Gasteiger partial charge >= 0.3 is 0 Å². The zero-order valence-corrected chi connectivity index (χ0v) is 10.9. The van der Waals surface area contributed by atoms with E-state index in [9.17, 15) is 14.0 Å². The van der Waals surface area contributed by atoms with Gasteiger partial charge in [0.15, 0.2) is 6.61 Å². The minimum absolute atomic E-state index is 0.226.